The van der Waals surface area contributed by atoms with Gasteiger partial charge in [0.05, 0.1) is 18.0 Å². The van der Waals surface area contributed by atoms with Crippen LogP contribution in [0.15, 0.2) is 64.8 Å². The van der Waals surface area contributed by atoms with Crippen LogP contribution in [0.3, 0.4) is 0 Å². The first kappa shape index (κ1) is 17.2. The number of ether oxygens (including phenoxy) is 1. The number of nitrogens with one attached hydrogen (secondary N) is 1. The highest BCUT2D eigenvalue weighted by molar-refractivity contribution is 6.21. The van der Waals surface area contributed by atoms with Crippen LogP contribution < -0.4 is 0 Å². The molecule has 1 unspecified atom stereocenters. The maximum absolute atomic E-state index is 12.2. The van der Waals surface area contributed by atoms with Gasteiger partial charge in [-0.25, -0.2) is 0 Å². The number of nitrogens with zero attached hydrogens (tertiary/aromatic N) is 2. The molecule has 0 radical (unpaired) electrons. The highest BCUT2D eigenvalue weighted by Gasteiger charge is 2.25. The van der Waals surface area contributed by atoms with Crippen molar-refractivity contribution in [3.8, 4) is 0 Å². The minimum Gasteiger partial charge on any atom is -0.465 e. The van der Waals surface area contributed by atoms with Crippen LogP contribution in [-0.2, 0) is 9.53 Å². The normalized spacial score (nSPS) is 12.3. The zero-order valence-electron chi connectivity index (χ0n) is 13.2. The number of carbonyl (C=O) groups is 1. The summed E-state index contributed by atoms with van der Waals surface area (Å²) in [4.78, 5) is 27.2. The Balaban J connectivity index is 2.49. The van der Waals surface area contributed by atoms with Crippen LogP contribution in [0.4, 0.5) is 11.4 Å². The zero-order chi connectivity index (χ0) is 17.4. The molecule has 24 heavy (non-hydrogen) atoms. The van der Waals surface area contributed by atoms with Crippen LogP contribution in [0.2, 0.25) is 0 Å². The number of aliphatic imine (C=N–C) groups is 1. The molecule has 1 N–H and O–H groups in total. The second-order valence-electron chi connectivity index (χ2n) is 4.87. The molecule has 2 aromatic carbocycles. The van der Waals surface area contributed by atoms with Crippen LogP contribution in [-0.4, -0.2) is 24.5 Å². The Kier molecular flexibility index (Phi) is 6.08. The van der Waals surface area contributed by atoms with Gasteiger partial charge in [0, 0.05) is 6.21 Å². The quantitative estimate of drug-likeness (QED) is 0.473. The summed E-state index contributed by atoms with van der Waals surface area (Å²) in [6, 6.07) is 15.5. The molecular formula is C18H17N3O3. The summed E-state index contributed by atoms with van der Waals surface area (Å²) >= 11 is 0. The number of hydrogen-bond acceptors (Lipinski definition) is 6. The van der Waals surface area contributed by atoms with E-state index >= 15 is 0 Å². The fraction of sp³-hybridized carbons (Fsp3) is 0.167. The van der Waals surface area contributed by atoms with E-state index in [-0.39, 0.29) is 6.61 Å². The van der Waals surface area contributed by atoms with Crippen molar-refractivity contribution in [3.05, 3.63) is 65.1 Å². The maximum Gasteiger partial charge on any atom is 0.320 e. The van der Waals surface area contributed by atoms with E-state index in [4.69, 9.17) is 10.1 Å². The number of carbonyl (C=O) groups excluding carboxylic acids is 1. The lowest BCUT2D eigenvalue weighted by Crippen LogP contribution is -2.28. The predicted octanol–water partition coefficient (Wildman–Crippen LogP) is 4.03. The first-order valence-corrected chi connectivity index (χ1v) is 7.44. The maximum atomic E-state index is 12.2. The fourth-order valence-electron chi connectivity index (χ4n) is 2.14. The predicted molar refractivity (Wildman–Crippen MR) is 93.4 cm³/mol. The SMILES string of the molecule is CCOC(=O)C(C=N)C(=Nc1ccc(N=O)cc1)c1ccccc1. The molecule has 0 amide bonds. The van der Waals surface area contributed by atoms with Crippen LogP contribution in [0, 0.1) is 16.2 Å². The molecule has 0 bridgehead atoms. The molecule has 6 heteroatoms. The van der Waals surface area contributed by atoms with Crippen LogP contribution >= 0.6 is 0 Å². The molecule has 0 aromatic heterocycles. The van der Waals surface area contributed by atoms with Gasteiger partial charge in [-0.3, -0.25) is 9.79 Å². The largest absolute Gasteiger partial charge is 0.465 e. The van der Waals surface area contributed by atoms with Gasteiger partial charge in [0.2, 0.25) is 0 Å². The third-order valence-electron chi connectivity index (χ3n) is 3.28. The van der Waals surface area contributed by atoms with Gasteiger partial charge in [-0.15, -0.1) is 4.91 Å². The van der Waals surface area contributed by atoms with Gasteiger partial charge in [0.1, 0.15) is 11.6 Å². The van der Waals surface area contributed by atoms with E-state index in [0.717, 1.165) is 11.8 Å². The lowest BCUT2D eigenvalue weighted by Gasteiger charge is -2.14. The number of benzene rings is 2. The summed E-state index contributed by atoms with van der Waals surface area (Å²) in [5, 5.41) is 10.5. The van der Waals surface area contributed by atoms with E-state index in [1.807, 2.05) is 30.3 Å². The molecule has 0 aliphatic heterocycles. The van der Waals surface area contributed by atoms with Crippen LogP contribution in [0.5, 0.6) is 0 Å². The van der Waals surface area contributed by atoms with E-state index in [2.05, 4.69) is 10.2 Å². The van der Waals surface area contributed by atoms with Gasteiger partial charge >= 0.3 is 5.97 Å². The molecule has 0 heterocycles. The second kappa shape index (κ2) is 8.47. The average molecular weight is 323 g/mol. The Morgan fingerprint density at radius 2 is 1.75 bits per heavy atom. The molecule has 6 nitrogen and oxygen atoms in total. The van der Waals surface area contributed by atoms with E-state index < -0.39 is 11.9 Å². The van der Waals surface area contributed by atoms with Crippen molar-refractivity contribution < 1.29 is 9.53 Å². The Hall–Kier alpha value is -3.15. The smallest absolute Gasteiger partial charge is 0.320 e. The van der Waals surface area contributed by atoms with Gasteiger partial charge in [-0.1, -0.05) is 30.3 Å². The third-order valence-corrected chi connectivity index (χ3v) is 3.28. The summed E-state index contributed by atoms with van der Waals surface area (Å²) in [6.45, 7) is 1.94. The van der Waals surface area contributed by atoms with E-state index in [1.165, 1.54) is 12.1 Å². The lowest BCUT2D eigenvalue weighted by molar-refractivity contribution is -0.143. The Morgan fingerprint density at radius 3 is 2.29 bits per heavy atom. The van der Waals surface area contributed by atoms with Crippen molar-refractivity contribution in [1.82, 2.24) is 0 Å². The average Bonchev–Trinajstić information content (AvgIpc) is 2.63. The van der Waals surface area contributed by atoms with Crippen LogP contribution in [0.1, 0.15) is 12.5 Å². The van der Waals surface area contributed by atoms with Gasteiger partial charge < -0.3 is 10.1 Å². The Morgan fingerprint density at radius 1 is 1.12 bits per heavy atom. The van der Waals surface area contributed by atoms with E-state index in [9.17, 15) is 9.70 Å². The Bertz CT molecular complexity index is 740. The standard InChI is InChI=1S/C18H17N3O3/c1-2-24-18(22)16(12-19)17(13-6-4-3-5-7-13)20-14-8-10-15(21-23)11-9-14/h3-12,16,19H,2H2,1H3. The zero-order valence-corrected chi connectivity index (χ0v) is 13.2. The molecule has 2 rings (SSSR count). The third kappa shape index (κ3) is 4.19. The van der Waals surface area contributed by atoms with Crippen molar-refractivity contribution in [2.24, 2.45) is 16.1 Å². The highest BCUT2D eigenvalue weighted by Crippen LogP contribution is 2.21. The minimum atomic E-state index is -0.906. The molecule has 0 saturated heterocycles. The van der Waals surface area contributed by atoms with Gasteiger partial charge in [-0.05, 0) is 41.9 Å². The van der Waals surface area contributed by atoms with Crippen molar-refractivity contribution >= 4 is 29.3 Å². The van der Waals surface area contributed by atoms with Crippen molar-refractivity contribution in [3.63, 3.8) is 0 Å². The Labute approximate surface area is 139 Å². The molecule has 122 valence electrons. The monoisotopic (exact) mass is 323 g/mol. The summed E-state index contributed by atoms with van der Waals surface area (Å²) in [5.41, 5.74) is 1.98. The minimum absolute atomic E-state index is 0.227. The van der Waals surface area contributed by atoms with Crippen molar-refractivity contribution in [1.29, 1.82) is 5.41 Å². The topological polar surface area (TPSA) is 91.9 Å². The molecule has 1 atom stereocenters. The molecule has 0 spiro atoms. The number of hydrogen-bond donors (Lipinski definition) is 1. The van der Waals surface area contributed by atoms with Crippen molar-refractivity contribution in [2.75, 3.05) is 6.61 Å². The molecule has 0 aliphatic carbocycles. The summed E-state index contributed by atoms with van der Waals surface area (Å²) in [5.74, 6) is -1.43. The first-order valence-electron chi connectivity index (χ1n) is 7.44. The lowest BCUT2D eigenvalue weighted by atomic mass is 9.97. The first-order chi connectivity index (χ1) is 11.7. The summed E-state index contributed by atoms with van der Waals surface area (Å²) < 4.78 is 5.04. The fourth-order valence-corrected chi connectivity index (χ4v) is 2.14. The summed E-state index contributed by atoms with van der Waals surface area (Å²) in [7, 11) is 0. The summed E-state index contributed by atoms with van der Waals surface area (Å²) in [6.07, 6.45) is 1.02. The van der Waals surface area contributed by atoms with E-state index in [1.54, 1.807) is 19.1 Å². The molecule has 2 aromatic rings. The molecule has 0 saturated carbocycles. The van der Waals surface area contributed by atoms with Gasteiger partial charge in [0.15, 0.2) is 0 Å². The van der Waals surface area contributed by atoms with Crippen LogP contribution in [0.25, 0.3) is 0 Å². The number of nitroso groups, excluding NO2 is 1. The molecule has 0 fully saturated rings. The van der Waals surface area contributed by atoms with Crippen molar-refractivity contribution in [2.45, 2.75) is 6.92 Å². The molecule has 0 aliphatic rings. The molecular weight excluding hydrogens is 306 g/mol. The van der Waals surface area contributed by atoms with Gasteiger partial charge in [0.25, 0.3) is 0 Å². The number of esters is 1. The van der Waals surface area contributed by atoms with Gasteiger partial charge in [-0.2, -0.15) is 0 Å². The second-order valence-corrected chi connectivity index (χ2v) is 4.87. The highest BCUT2D eigenvalue weighted by atomic mass is 16.5. The number of rotatable bonds is 7. The van der Waals surface area contributed by atoms with E-state index in [0.29, 0.717) is 17.1 Å².